The molecule has 30 heavy (non-hydrogen) atoms. The number of ether oxygens (including phenoxy) is 1. The molecular weight excluding hydrogens is 376 g/mol. The molecule has 158 valence electrons. The second-order valence-corrected chi connectivity index (χ2v) is 8.49. The second-order valence-electron chi connectivity index (χ2n) is 8.49. The molecule has 1 aliphatic carbocycles. The molecule has 0 aliphatic heterocycles. The Morgan fingerprint density at radius 1 is 1.10 bits per heavy atom. The van der Waals surface area contributed by atoms with E-state index in [0.29, 0.717) is 12.2 Å². The number of fused-ring (bicyclic) bond motifs is 1. The minimum atomic E-state index is 0.182. The Hall–Kier alpha value is -2.60. The third-order valence-corrected chi connectivity index (χ3v) is 6.28. The molecule has 6 heteroatoms. The van der Waals surface area contributed by atoms with Crippen LogP contribution in [0, 0.1) is 11.8 Å². The van der Waals surface area contributed by atoms with Crippen molar-refractivity contribution in [3.8, 4) is 11.1 Å². The number of hydrogen-bond acceptors (Lipinski definition) is 5. The Labute approximate surface area is 177 Å². The zero-order valence-corrected chi connectivity index (χ0v) is 17.9. The number of aryl methyl sites for hydroxylation is 1. The molecule has 4 rings (SSSR count). The van der Waals surface area contributed by atoms with Crippen LogP contribution in [0.25, 0.3) is 22.0 Å². The van der Waals surface area contributed by atoms with E-state index in [4.69, 9.17) is 4.74 Å². The summed E-state index contributed by atoms with van der Waals surface area (Å²) < 4.78 is 6.93. The highest BCUT2D eigenvalue weighted by Crippen LogP contribution is 2.32. The predicted octanol–water partition coefficient (Wildman–Crippen LogP) is 4.37. The molecule has 1 saturated carbocycles. The number of pyridine rings is 2. The van der Waals surface area contributed by atoms with Gasteiger partial charge in [0.1, 0.15) is 5.78 Å². The minimum absolute atomic E-state index is 0.182. The van der Waals surface area contributed by atoms with Crippen LogP contribution in [-0.4, -0.2) is 39.2 Å². The van der Waals surface area contributed by atoms with Crippen molar-refractivity contribution in [3.63, 3.8) is 0 Å². The van der Waals surface area contributed by atoms with Gasteiger partial charge in [-0.1, -0.05) is 0 Å². The summed E-state index contributed by atoms with van der Waals surface area (Å²) in [6.45, 7) is 0.837. The summed E-state index contributed by atoms with van der Waals surface area (Å²) in [5.74, 6) is 1.26. The van der Waals surface area contributed by atoms with E-state index in [-0.39, 0.29) is 5.92 Å². The fourth-order valence-electron chi connectivity index (χ4n) is 4.51. The number of ketones is 1. The van der Waals surface area contributed by atoms with Gasteiger partial charge in [0, 0.05) is 67.7 Å². The topological polar surface area (TPSA) is 69.9 Å². The fourth-order valence-corrected chi connectivity index (χ4v) is 4.51. The lowest BCUT2D eigenvalue weighted by molar-refractivity contribution is -0.123. The first-order chi connectivity index (χ1) is 14.6. The van der Waals surface area contributed by atoms with Crippen molar-refractivity contribution in [1.82, 2.24) is 19.7 Å². The zero-order chi connectivity index (χ0) is 20.9. The number of Topliss-reactive ketones (excluding diaryl/α,β-unsaturated/α-hetero) is 1. The normalized spacial score (nSPS) is 19.3. The van der Waals surface area contributed by atoms with E-state index in [9.17, 15) is 4.79 Å². The quantitative estimate of drug-likeness (QED) is 0.519. The van der Waals surface area contributed by atoms with Gasteiger partial charge >= 0.3 is 0 Å². The zero-order valence-electron chi connectivity index (χ0n) is 17.9. The molecule has 3 aromatic rings. The van der Waals surface area contributed by atoms with Crippen LogP contribution in [-0.2, 0) is 23.0 Å². The smallest absolute Gasteiger partial charge is 0.141 e. The lowest BCUT2D eigenvalue weighted by atomic mass is 9.77. The molecule has 1 fully saturated rings. The lowest BCUT2D eigenvalue weighted by Crippen LogP contribution is -2.23. The third-order valence-electron chi connectivity index (χ3n) is 6.28. The van der Waals surface area contributed by atoms with Crippen LogP contribution < -0.4 is 0 Å². The van der Waals surface area contributed by atoms with Crippen LogP contribution in [0.15, 0.2) is 36.9 Å². The Balaban J connectivity index is 1.39. The number of rotatable bonds is 8. The maximum absolute atomic E-state index is 12.9. The Bertz CT molecular complexity index is 1010. The molecule has 1 aliphatic rings. The minimum Gasteiger partial charge on any atom is -0.385 e. The molecule has 0 bridgehead atoms. The summed E-state index contributed by atoms with van der Waals surface area (Å²) in [5, 5.41) is 5.24. The first-order valence-corrected chi connectivity index (χ1v) is 10.9. The van der Waals surface area contributed by atoms with E-state index in [2.05, 4.69) is 21.1 Å². The molecular formula is C24H30N4O2. The maximum atomic E-state index is 12.9. The van der Waals surface area contributed by atoms with Crippen molar-refractivity contribution in [2.75, 3.05) is 13.7 Å². The molecule has 0 N–H and O–H groups in total. The van der Waals surface area contributed by atoms with Crippen molar-refractivity contribution in [1.29, 1.82) is 0 Å². The monoisotopic (exact) mass is 406 g/mol. The van der Waals surface area contributed by atoms with Crippen LogP contribution in [0.1, 0.15) is 44.2 Å². The van der Waals surface area contributed by atoms with E-state index < -0.39 is 0 Å². The van der Waals surface area contributed by atoms with Gasteiger partial charge < -0.3 is 4.74 Å². The molecule has 6 nitrogen and oxygen atoms in total. The average molecular weight is 407 g/mol. The van der Waals surface area contributed by atoms with Crippen LogP contribution in [0.4, 0.5) is 0 Å². The van der Waals surface area contributed by atoms with E-state index >= 15 is 0 Å². The number of aromatic nitrogens is 4. The van der Waals surface area contributed by atoms with Crippen molar-refractivity contribution in [2.45, 2.75) is 44.9 Å². The summed E-state index contributed by atoms with van der Waals surface area (Å²) in [4.78, 5) is 21.9. The van der Waals surface area contributed by atoms with Gasteiger partial charge in [0.05, 0.1) is 17.9 Å². The number of methoxy groups -OCH3 is 1. The highest BCUT2D eigenvalue weighted by Gasteiger charge is 2.26. The standard InChI is InChI=1S/C24H30N4O2/c1-28-16-21(14-27-28)20-10-19-11-22(25-15-23(19)26-13-20)12-24(29)18-7-5-17(6-8-18)4-3-9-30-2/h10-11,13-18H,3-9,12H2,1-2H3. The number of carbonyl (C=O) groups is 1. The lowest BCUT2D eigenvalue weighted by Gasteiger charge is -2.27. The number of carbonyl (C=O) groups excluding carboxylic acids is 1. The SMILES string of the molecule is COCCCC1CCC(C(=O)Cc2cc3cc(-c4cnn(C)c4)cnc3cn2)CC1. The van der Waals surface area contributed by atoms with E-state index in [0.717, 1.165) is 72.4 Å². The van der Waals surface area contributed by atoms with Crippen LogP contribution in [0.3, 0.4) is 0 Å². The van der Waals surface area contributed by atoms with E-state index in [1.807, 2.05) is 31.7 Å². The Kier molecular flexibility index (Phi) is 6.53. The van der Waals surface area contributed by atoms with Crippen LogP contribution in [0.5, 0.6) is 0 Å². The van der Waals surface area contributed by atoms with Crippen molar-refractivity contribution >= 4 is 16.7 Å². The summed E-state index contributed by atoms with van der Waals surface area (Å²) >= 11 is 0. The highest BCUT2D eigenvalue weighted by atomic mass is 16.5. The van der Waals surface area contributed by atoms with Gasteiger partial charge in [0.15, 0.2) is 0 Å². The molecule has 0 radical (unpaired) electrons. The first-order valence-electron chi connectivity index (χ1n) is 10.9. The maximum Gasteiger partial charge on any atom is 0.141 e. The van der Waals surface area contributed by atoms with E-state index in [1.54, 1.807) is 18.0 Å². The van der Waals surface area contributed by atoms with Gasteiger partial charge in [-0.15, -0.1) is 0 Å². The fraction of sp³-hybridized carbons (Fsp3) is 0.500. The number of nitrogens with zero attached hydrogens (tertiary/aromatic N) is 4. The summed E-state index contributed by atoms with van der Waals surface area (Å²) in [6, 6.07) is 4.11. The van der Waals surface area contributed by atoms with Gasteiger partial charge in [-0.05, 0) is 56.6 Å². The third kappa shape index (κ3) is 4.93. The van der Waals surface area contributed by atoms with Crippen molar-refractivity contribution < 1.29 is 9.53 Å². The molecule has 0 unspecified atom stereocenters. The summed E-state index contributed by atoms with van der Waals surface area (Å²) in [7, 11) is 3.66. The molecule has 0 amide bonds. The molecule has 0 aromatic carbocycles. The molecule has 0 spiro atoms. The predicted molar refractivity (Wildman–Crippen MR) is 117 cm³/mol. The van der Waals surface area contributed by atoms with Crippen molar-refractivity contribution in [3.05, 3.63) is 42.6 Å². The Morgan fingerprint density at radius 3 is 2.67 bits per heavy atom. The molecule has 3 aromatic heterocycles. The van der Waals surface area contributed by atoms with Crippen LogP contribution in [0.2, 0.25) is 0 Å². The number of hydrogen-bond donors (Lipinski definition) is 0. The van der Waals surface area contributed by atoms with Gasteiger partial charge in [0.25, 0.3) is 0 Å². The summed E-state index contributed by atoms with van der Waals surface area (Å²) in [5.41, 5.74) is 3.73. The molecule has 0 atom stereocenters. The van der Waals surface area contributed by atoms with Gasteiger partial charge in [0.2, 0.25) is 0 Å². The Morgan fingerprint density at radius 2 is 1.93 bits per heavy atom. The van der Waals surface area contributed by atoms with Crippen LogP contribution >= 0.6 is 0 Å². The van der Waals surface area contributed by atoms with Gasteiger partial charge in [-0.25, -0.2) is 0 Å². The highest BCUT2D eigenvalue weighted by molar-refractivity contribution is 5.86. The second kappa shape index (κ2) is 9.47. The van der Waals surface area contributed by atoms with Gasteiger partial charge in [-0.2, -0.15) is 5.10 Å². The van der Waals surface area contributed by atoms with E-state index in [1.165, 1.54) is 6.42 Å². The average Bonchev–Trinajstić information content (AvgIpc) is 3.20. The summed E-state index contributed by atoms with van der Waals surface area (Å²) in [6.07, 6.45) is 14.5. The first kappa shape index (κ1) is 20.7. The van der Waals surface area contributed by atoms with Gasteiger partial charge in [-0.3, -0.25) is 19.4 Å². The molecule has 3 heterocycles. The largest absolute Gasteiger partial charge is 0.385 e. The van der Waals surface area contributed by atoms with Crippen molar-refractivity contribution in [2.24, 2.45) is 18.9 Å². The molecule has 0 saturated heterocycles.